The van der Waals surface area contributed by atoms with Crippen molar-refractivity contribution in [1.82, 2.24) is 0 Å². The maximum absolute atomic E-state index is 11.2. The highest BCUT2D eigenvalue weighted by molar-refractivity contribution is 8.06. The highest BCUT2D eigenvalue weighted by atomic mass is 32.2. The molecule has 1 heterocycles. The number of phosphoric acid groups is 1. The molecule has 0 saturated carbocycles. The topological polar surface area (TPSA) is 93.1 Å². The first-order chi connectivity index (χ1) is 8.35. The Labute approximate surface area is 109 Å². The van der Waals surface area contributed by atoms with Crippen LogP contribution in [0.5, 0.6) is 0 Å². The Balaban J connectivity index is 2.67. The molecule has 2 N–H and O–H groups in total. The van der Waals surface area contributed by atoms with E-state index in [1.807, 2.05) is 13.0 Å². The Morgan fingerprint density at radius 3 is 2.89 bits per heavy atom. The summed E-state index contributed by atoms with van der Waals surface area (Å²) in [5, 5.41) is 9.87. The van der Waals surface area contributed by atoms with Crippen molar-refractivity contribution in [2.24, 2.45) is 5.92 Å². The zero-order valence-corrected chi connectivity index (χ0v) is 11.7. The van der Waals surface area contributed by atoms with E-state index in [9.17, 15) is 9.36 Å². The number of rotatable bonds is 5. The van der Waals surface area contributed by atoms with Crippen molar-refractivity contribution >= 4 is 25.4 Å². The first-order valence-electron chi connectivity index (χ1n) is 5.23. The normalized spacial score (nSPS) is 23.7. The largest absolute Gasteiger partial charge is 0.499 e. The molecule has 0 bridgehead atoms. The highest BCUT2D eigenvalue weighted by Gasteiger charge is 2.23. The van der Waals surface area contributed by atoms with Crippen LogP contribution >= 0.6 is 19.6 Å². The fraction of sp³-hybridized carbons (Fsp3) is 0.500. The molecule has 102 valence electrons. The first-order valence-corrected chi connectivity index (χ1v) is 7.60. The van der Waals surface area contributed by atoms with Gasteiger partial charge in [0.05, 0.1) is 11.5 Å². The van der Waals surface area contributed by atoms with Gasteiger partial charge in [-0.3, -0.25) is 9.32 Å². The van der Waals surface area contributed by atoms with Crippen LogP contribution in [0.4, 0.5) is 0 Å². The Kier molecular flexibility index (Phi) is 5.78. The molecule has 2 atom stereocenters. The van der Waals surface area contributed by atoms with Gasteiger partial charge in [0, 0.05) is 0 Å². The molecule has 1 rings (SSSR count). The van der Waals surface area contributed by atoms with Crippen molar-refractivity contribution in [3.8, 4) is 0 Å². The monoisotopic (exact) mass is 294 g/mol. The molecule has 0 fully saturated rings. The third kappa shape index (κ3) is 4.68. The number of carbonyl (C=O) groups excluding carboxylic acids is 1. The Hall–Kier alpha value is -0.430. The molecule has 0 radical (unpaired) electrons. The van der Waals surface area contributed by atoms with Gasteiger partial charge in [-0.25, -0.2) is 9.82 Å². The van der Waals surface area contributed by atoms with Crippen LogP contribution in [0.25, 0.3) is 0 Å². The molecular weight excluding hydrogens is 279 g/mol. The maximum atomic E-state index is 11.2. The van der Waals surface area contributed by atoms with Gasteiger partial charge in [0.2, 0.25) is 0 Å². The van der Waals surface area contributed by atoms with Gasteiger partial charge in [0.1, 0.15) is 0 Å². The van der Waals surface area contributed by atoms with Crippen molar-refractivity contribution in [3.05, 3.63) is 22.0 Å². The van der Waals surface area contributed by atoms with Crippen molar-refractivity contribution in [1.29, 1.82) is 0 Å². The first kappa shape index (κ1) is 15.6. The second kappa shape index (κ2) is 6.65. The van der Waals surface area contributed by atoms with Gasteiger partial charge in [-0.15, -0.1) is 4.67 Å². The quantitative estimate of drug-likeness (QED) is 0.457. The number of thioether (sulfide) groups is 1. The SMILES string of the molecule is CC(=O)C1=CCC(C)C(COP(=O)(O)OO)=CS1. The molecule has 0 aromatic heterocycles. The summed E-state index contributed by atoms with van der Waals surface area (Å²) in [6, 6.07) is 0. The third-order valence-corrected chi connectivity index (χ3v) is 4.26. The minimum Gasteiger partial charge on any atom is -0.301 e. The summed E-state index contributed by atoms with van der Waals surface area (Å²) in [7, 11) is -4.39. The van der Waals surface area contributed by atoms with Crippen LogP contribution < -0.4 is 0 Å². The smallest absolute Gasteiger partial charge is 0.301 e. The van der Waals surface area contributed by atoms with Crippen LogP contribution in [0.1, 0.15) is 20.3 Å². The molecule has 8 heteroatoms. The summed E-state index contributed by atoms with van der Waals surface area (Å²) in [4.78, 5) is 20.8. The van der Waals surface area contributed by atoms with Gasteiger partial charge < -0.3 is 4.89 Å². The van der Waals surface area contributed by atoms with Gasteiger partial charge >= 0.3 is 7.82 Å². The lowest BCUT2D eigenvalue weighted by atomic mass is 9.99. The van der Waals surface area contributed by atoms with Crippen LogP contribution in [0.3, 0.4) is 0 Å². The lowest BCUT2D eigenvalue weighted by molar-refractivity contribution is -0.161. The second-order valence-electron chi connectivity index (χ2n) is 3.90. The van der Waals surface area contributed by atoms with E-state index in [2.05, 4.69) is 9.20 Å². The second-order valence-corrected chi connectivity index (χ2v) is 6.17. The molecule has 0 aliphatic carbocycles. The van der Waals surface area contributed by atoms with E-state index < -0.39 is 7.82 Å². The van der Waals surface area contributed by atoms with Crippen molar-refractivity contribution < 1.29 is 28.7 Å². The van der Waals surface area contributed by atoms with Crippen molar-refractivity contribution in [2.45, 2.75) is 20.3 Å². The minimum absolute atomic E-state index is 0.0165. The number of ketones is 1. The molecule has 0 saturated heterocycles. The number of Topliss-reactive ketones (excluding diaryl/α,β-unsaturated/α-hetero) is 1. The van der Waals surface area contributed by atoms with Gasteiger partial charge in [-0.2, -0.15) is 0 Å². The number of hydrogen-bond acceptors (Lipinski definition) is 6. The number of carbonyl (C=O) groups is 1. The molecular formula is C10H15O6PS. The van der Waals surface area contributed by atoms with Crippen LogP contribution in [0.2, 0.25) is 0 Å². The predicted molar refractivity (Wildman–Crippen MR) is 67.7 cm³/mol. The third-order valence-electron chi connectivity index (χ3n) is 2.47. The van der Waals surface area contributed by atoms with Gasteiger partial charge in [0.15, 0.2) is 5.78 Å². The summed E-state index contributed by atoms with van der Waals surface area (Å²) >= 11 is 1.26. The van der Waals surface area contributed by atoms with E-state index in [0.717, 1.165) is 5.57 Å². The summed E-state index contributed by atoms with van der Waals surface area (Å²) in [6.45, 7) is 3.26. The Morgan fingerprint density at radius 1 is 1.67 bits per heavy atom. The molecule has 2 unspecified atom stereocenters. The zero-order chi connectivity index (χ0) is 13.8. The van der Waals surface area contributed by atoms with E-state index in [1.165, 1.54) is 18.7 Å². The van der Waals surface area contributed by atoms with Crippen LogP contribution in [0, 0.1) is 5.92 Å². The van der Waals surface area contributed by atoms with Crippen molar-refractivity contribution in [2.75, 3.05) is 6.61 Å². The van der Waals surface area contributed by atoms with Gasteiger partial charge in [0.25, 0.3) is 0 Å². The summed E-state index contributed by atoms with van der Waals surface area (Å²) in [5.41, 5.74) is 0.763. The van der Waals surface area contributed by atoms with Gasteiger partial charge in [-0.05, 0) is 30.2 Å². The zero-order valence-electron chi connectivity index (χ0n) is 10.0. The van der Waals surface area contributed by atoms with Crippen LogP contribution in [-0.4, -0.2) is 22.5 Å². The number of hydrogen-bond donors (Lipinski definition) is 2. The standard InChI is InChI=1S/C10H15O6PS/c1-7-3-4-10(8(2)11)18-6-9(7)5-15-17(13,14)16-12/h4,6-7,12H,3,5H2,1-2H3,(H,13,14). The van der Waals surface area contributed by atoms with Crippen molar-refractivity contribution in [3.63, 3.8) is 0 Å². The Morgan fingerprint density at radius 2 is 2.33 bits per heavy atom. The van der Waals surface area contributed by atoms with Crippen LogP contribution in [-0.2, 0) is 18.6 Å². The fourth-order valence-electron chi connectivity index (χ4n) is 1.32. The molecule has 1 aliphatic heterocycles. The summed E-state index contributed by atoms with van der Waals surface area (Å²) in [5.74, 6) is 0.0604. The lowest BCUT2D eigenvalue weighted by Crippen LogP contribution is -2.05. The number of phosphoric ester groups is 1. The fourth-order valence-corrected chi connectivity index (χ4v) is 2.62. The molecule has 6 nitrogen and oxygen atoms in total. The van der Waals surface area contributed by atoms with E-state index in [0.29, 0.717) is 11.3 Å². The average Bonchev–Trinajstić information content (AvgIpc) is 2.49. The highest BCUT2D eigenvalue weighted by Crippen LogP contribution is 2.43. The predicted octanol–water partition coefficient (Wildman–Crippen LogP) is 2.72. The van der Waals surface area contributed by atoms with E-state index in [-0.39, 0.29) is 18.3 Å². The molecule has 0 spiro atoms. The number of allylic oxidation sites excluding steroid dienone is 2. The Bertz CT molecular complexity index is 430. The summed E-state index contributed by atoms with van der Waals surface area (Å²) < 4.78 is 18.9. The molecule has 0 amide bonds. The van der Waals surface area contributed by atoms with E-state index in [1.54, 1.807) is 5.41 Å². The average molecular weight is 294 g/mol. The van der Waals surface area contributed by atoms with Crippen LogP contribution in [0.15, 0.2) is 22.0 Å². The molecule has 18 heavy (non-hydrogen) atoms. The maximum Gasteiger partial charge on any atom is 0.499 e. The molecule has 1 aliphatic rings. The molecule has 0 aromatic carbocycles. The van der Waals surface area contributed by atoms with Gasteiger partial charge in [-0.1, -0.05) is 24.8 Å². The molecule has 0 aromatic rings. The summed E-state index contributed by atoms with van der Waals surface area (Å²) in [6.07, 6.45) is 2.48. The lowest BCUT2D eigenvalue weighted by Gasteiger charge is -2.14. The minimum atomic E-state index is -4.39. The van der Waals surface area contributed by atoms with E-state index in [4.69, 9.17) is 10.2 Å². The van der Waals surface area contributed by atoms with E-state index >= 15 is 0 Å².